The molecule has 2 heterocycles. The molecule has 0 saturated carbocycles. The zero-order valence-corrected chi connectivity index (χ0v) is 11.0. The fraction of sp³-hybridized carbons (Fsp3) is 0.200. The number of hydrogen-bond acceptors (Lipinski definition) is 3. The van der Waals surface area contributed by atoms with E-state index >= 15 is 0 Å². The van der Waals surface area contributed by atoms with E-state index in [0.717, 1.165) is 0 Å². The van der Waals surface area contributed by atoms with Gasteiger partial charge in [0, 0.05) is 6.54 Å². The molecule has 1 aromatic carbocycles. The quantitative estimate of drug-likeness (QED) is 0.866. The molecule has 3 rings (SSSR count). The first-order chi connectivity index (χ1) is 9.66. The van der Waals surface area contributed by atoms with E-state index in [-0.39, 0.29) is 23.5 Å². The molecule has 1 N–H and O–H groups in total. The highest BCUT2D eigenvalue weighted by Crippen LogP contribution is 2.30. The van der Waals surface area contributed by atoms with Gasteiger partial charge < -0.3 is 14.6 Å². The zero-order chi connectivity index (χ0) is 14.1. The van der Waals surface area contributed by atoms with Gasteiger partial charge in [0.25, 0.3) is 5.91 Å². The number of benzene rings is 1. The summed E-state index contributed by atoms with van der Waals surface area (Å²) >= 11 is 0. The lowest BCUT2D eigenvalue weighted by Gasteiger charge is -2.22. The molecule has 0 spiro atoms. The summed E-state index contributed by atoms with van der Waals surface area (Å²) < 4.78 is 5.17. The van der Waals surface area contributed by atoms with Gasteiger partial charge in [-0.3, -0.25) is 9.59 Å². The summed E-state index contributed by atoms with van der Waals surface area (Å²) in [6.45, 7) is 2.12. The van der Waals surface area contributed by atoms with Crippen molar-refractivity contribution in [3.63, 3.8) is 0 Å². The number of para-hydroxylation sites is 2. The molecule has 102 valence electrons. The van der Waals surface area contributed by atoms with Crippen LogP contribution in [-0.2, 0) is 4.79 Å². The van der Waals surface area contributed by atoms with Gasteiger partial charge in [-0.1, -0.05) is 19.1 Å². The van der Waals surface area contributed by atoms with Crippen LogP contribution in [0, 0.1) is 5.92 Å². The molecule has 0 unspecified atom stereocenters. The SMILES string of the molecule is C[C@H]1CN(C(=O)c2ccco2)c2ccccc2NC1=O. The number of hydrogen-bond donors (Lipinski definition) is 1. The van der Waals surface area contributed by atoms with Crippen LogP contribution in [0.2, 0.25) is 0 Å². The van der Waals surface area contributed by atoms with E-state index in [1.807, 2.05) is 18.2 Å². The molecule has 2 aromatic rings. The van der Waals surface area contributed by atoms with E-state index in [9.17, 15) is 9.59 Å². The number of carbonyl (C=O) groups is 2. The van der Waals surface area contributed by atoms with Crippen molar-refractivity contribution in [2.45, 2.75) is 6.92 Å². The number of furan rings is 1. The molecule has 1 atom stereocenters. The second-order valence-electron chi connectivity index (χ2n) is 4.80. The molecule has 5 nitrogen and oxygen atoms in total. The minimum atomic E-state index is -0.290. The molecule has 1 aromatic heterocycles. The number of anilines is 2. The first kappa shape index (κ1) is 12.5. The molecule has 0 bridgehead atoms. The third-order valence-corrected chi connectivity index (χ3v) is 3.33. The van der Waals surface area contributed by atoms with Crippen molar-refractivity contribution in [2.75, 3.05) is 16.8 Å². The summed E-state index contributed by atoms with van der Waals surface area (Å²) in [6, 6.07) is 10.6. The fourth-order valence-corrected chi connectivity index (χ4v) is 2.25. The maximum atomic E-state index is 12.5. The normalized spacial score (nSPS) is 18.1. The van der Waals surface area contributed by atoms with Gasteiger partial charge in [0.05, 0.1) is 23.6 Å². The van der Waals surface area contributed by atoms with Crippen molar-refractivity contribution in [1.29, 1.82) is 0 Å². The maximum Gasteiger partial charge on any atom is 0.294 e. The Bertz CT molecular complexity index is 649. The lowest BCUT2D eigenvalue weighted by atomic mass is 10.1. The Kier molecular flexibility index (Phi) is 3.02. The summed E-state index contributed by atoms with van der Waals surface area (Å²) in [5.41, 5.74) is 1.33. The van der Waals surface area contributed by atoms with E-state index in [1.165, 1.54) is 6.26 Å². The molecule has 0 radical (unpaired) electrons. The molecule has 1 aliphatic rings. The number of carbonyl (C=O) groups excluding carboxylic acids is 2. The molecular weight excluding hydrogens is 256 g/mol. The minimum Gasteiger partial charge on any atom is -0.459 e. The highest BCUT2D eigenvalue weighted by atomic mass is 16.3. The highest BCUT2D eigenvalue weighted by Gasteiger charge is 2.29. The summed E-state index contributed by atoms with van der Waals surface area (Å²) in [4.78, 5) is 26.1. The number of nitrogens with one attached hydrogen (secondary N) is 1. The van der Waals surface area contributed by atoms with E-state index in [1.54, 1.807) is 30.0 Å². The van der Waals surface area contributed by atoms with Gasteiger partial charge in [0.15, 0.2) is 5.76 Å². The monoisotopic (exact) mass is 270 g/mol. The lowest BCUT2D eigenvalue weighted by molar-refractivity contribution is -0.119. The van der Waals surface area contributed by atoms with Crippen LogP contribution in [-0.4, -0.2) is 18.4 Å². The maximum absolute atomic E-state index is 12.5. The van der Waals surface area contributed by atoms with Crippen LogP contribution in [0.5, 0.6) is 0 Å². The van der Waals surface area contributed by atoms with Crippen LogP contribution >= 0.6 is 0 Å². The Morgan fingerprint density at radius 2 is 2.10 bits per heavy atom. The molecule has 1 aliphatic heterocycles. The van der Waals surface area contributed by atoms with Crippen molar-refractivity contribution < 1.29 is 14.0 Å². The van der Waals surface area contributed by atoms with Gasteiger partial charge in [0.1, 0.15) is 0 Å². The Balaban J connectivity index is 2.05. The van der Waals surface area contributed by atoms with Crippen LogP contribution in [0.3, 0.4) is 0 Å². The van der Waals surface area contributed by atoms with Crippen molar-refractivity contribution in [1.82, 2.24) is 0 Å². The second kappa shape index (κ2) is 4.85. The second-order valence-corrected chi connectivity index (χ2v) is 4.80. The van der Waals surface area contributed by atoms with Crippen LogP contribution in [0.4, 0.5) is 11.4 Å². The van der Waals surface area contributed by atoms with Gasteiger partial charge in [-0.25, -0.2) is 0 Å². The van der Waals surface area contributed by atoms with Crippen LogP contribution < -0.4 is 10.2 Å². The first-order valence-corrected chi connectivity index (χ1v) is 6.42. The molecule has 5 heteroatoms. The topological polar surface area (TPSA) is 62.6 Å². The van der Waals surface area contributed by atoms with E-state index < -0.39 is 0 Å². The Labute approximate surface area is 116 Å². The van der Waals surface area contributed by atoms with E-state index in [4.69, 9.17) is 4.42 Å². The van der Waals surface area contributed by atoms with Gasteiger partial charge >= 0.3 is 0 Å². The molecule has 0 saturated heterocycles. The highest BCUT2D eigenvalue weighted by molar-refractivity contribution is 6.09. The molecular formula is C15H14N2O3. The van der Waals surface area contributed by atoms with Gasteiger partial charge in [-0.15, -0.1) is 0 Å². The predicted octanol–water partition coefficient (Wildman–Crippen LogP) is 2.51. The van der Waals surface area contributed by atoms with Gasteiger partial charge in [-0.2, -0.15) is 0 Å². The lowest BCUT2D eigenvalue weighted by Crippen LogP contribution is -2.35. The summed E-state index contributed by atoms with van der Waals surface area (Å²) in [5, 5.41) is 2.84. The predicted molar refractivity (Wildman–Crippen MR) is 74.6 cm³/mol. The zero-order valence-electron chi connectivity index (χ0n) is 11.0. The van der Waals surface area contributed by atoms with Crippen molar-refractivity contribution in [3.8, 4) is 0 Å². The van der Waals surface area contributed by atoms with Crippen LogP contribution in [0.15, 0.2) is 47.1 Å². The number of nitrogens with zero attached hydrogens (tertiary/aromatic N) is 1. The minimum absolute atomic E-state index is 0.0906. The number of rotatable bonds is 1. The number of fused-ring (bicyclic) bond motifs is 1. The molecule has 0 fully saturated rings. The third kappa shape index (κ3) is 2.07. The average Bonchev–Trinajstić information content (AvgIpc) is 2.94. The molecule has 2 amide bonds. The molecule has 20 heavy (non-hydrogen) atoms. The first-order valence-electron chi connectivity index (χ1n) is 6.42. The molecule has 0 aliphatic carbocycles. The van der Waals surface area contributed by atoms with E-state index in [0.29, 0.717) is 17.9 Å². The summed E-state index contributed by atoms with van der Waals surface area (Å²) in [6.07, 6.45) is 1.46. The summed E-state index contributed by atoms with van der Waals surface area (Å²) in [5.74, 6) is -0.361. The number of amides is 2. The smallest absolute Gasteiger partial charge is 0.294 e. The Morgan fingerprint density at radius 1 is 1.30 bits per heavy atom. The Morgan fingerprint density at radius 3 is 2.85 bits per heavy atom. The van der Waals surface area contributed by atoms with Gasteiger partial charge in [-0.05, 0) is 24.3 Å². The van der Waals surface area contributed by atoms with E-state index in [2.05, 4.69) is 5.32 Å². The van der Waals surface area contributed by atoms with Crippen molar-refractivity contribution in [2.24, 2.45) is 5.92 Å². The van der Waals surface area contributed by atoms with Crippen LogP contribution in [0.1, 0.15) is 17.5 Å². The standard InChI is InChI=1S/C15H14N2O3/c1-10-9-17(15(19)13-7-4-8-20-13)12-6-3-2-5-11(12)16-14(10)18/h2-8,10H,9H2,1H3,(H,16,18)/t10-/m0/s1. The van der Waals surface area contributed by atoms with Gasteiger partial charge in [0.2, 0.25) is 5.91 Å². The summed E-state index contributed by atoms with van der Waals surface area (Å²) in [7, 11) is 0. The van der Waals surface area contributed by atoms with Crippen LogP contribution in [0.25, 0.3) is 0 Å². The van der Waals surface area contributed by atoms with Crippen molar-refractivity contribution >= 4 is 23.2 Å². The largest absolute Gasteiger partial charge is 0.459 e. The fourth-order valence-electron chi connectivity index (χ4n) is 2.25. The third-order valence-electron chi connectivity index (χ3n) is 3.33. The Hall–Kier alpha value is -2.56. The van der Waals surface area contributed by atoms with Crippen molar-refractivity contribution in [3.05, 3.63) is 48.4 Å². The average molecular weight is 270 g/mol.